The van der Waals surface area contributed by atoms with Gasteiger partial charge in [-0.1, -0.05) is 50.2 Å². The van der Waals surface area contributed by atoms with E-state index in [1.807, 2.05) is 43.3 Å². The maximum absolute atomic E-state index is 12.6. The van der Waals surface area contributed by atoms with E-state index in [2.05, 4.69) is 44.4 Å². The Kier molecular flexibility index (Phi) is 11.8. The molecule has 4 aromatic rings. The van der Waals surface area contributed by atoms with Gasteiger partial charge in [0.2, 0.25) is 5.43 Å². The zero-order chi connectivity index (χ0) is 32.5. The molecule has 1 heterocycles. The van der Waals surface area contributed by atoms with Crippen molar-refractivity contribution in [3.8, 4) is 5.75 Å². The molecule has 2 unspecified atom stereocenters. The van der Waals surface area contributed by atoms with E-state index < -0.39 is 7.81 Å². The molecule has 5 nitrogen and oxygen atoms in total. The van der Waals surface area contributed by atoms with Crippen LogP contribution < -0.4 is 10.2 Å². The Balaban J connectivity index is 0.000000249. The third kappa shape index (κ3) is 13.8. The number of hydrogen-bond acceptors (Lipinski definition) is 5. The minimum atomic E-state index is -10.7. The fourth-order valence-corrected chi connectivity index (χ4v) is 5.54. The van der Waals surface area contributed by atoms with E-state index in [1.54, 1.807) is 19.1 Å². The first kappa shape index (κ1) is 36.0. The molecule has 0 amide bonds. The van der Waals surface area contributed by atoms with E-state index >= 15 is 0 Å². The van der Waals surface area contributed by atoms with Gasteiger partial charge in [0.05, 0.1) is 17.4 Å². The number of carbonyl (C=O) groups is 1. The number of rotatable bonds is 8. The van der Waals surface area contributed by atoms with E-state index in [9.17, 15) is 34.8 Å². The van der Waals surface area contributed by atoms with Gasteiger partial charge in [-0.15, -0.1) is 0 Å². The number of halogens is 6. The Bertz CT molecular complexity index is 1570. The molecular weight excluding hydrogens is 617 g/mol. The van der Waals surface area contributed by atoms with Crippen molar-refractivity contribution in [2.24, 2.45) is 6.26 Å². The SMILES string of the molecule is CC(C)c1ccc2c(c1)c(=O)c1ccccc1[s+]2C.CCOCC(C)OC(=O)COc1ccccc1.F[P-](F)(F)(F)(F)F. The Hall–Kier alpha value is -3.21. The molecule has 0 saturated carbocycles. The molecule has 0 aliphatic heterocycles. The molecule has 0 aliphatic carbocycles. The van der Waals surface area contributed by atoms with Gasteiger partial charge in [-0.2, -0.15) is 0 Å². The fourth-order valence-electron chi connectivity index (χ4n) is 3.77. The Labute approximate surface area is 248 Å². The molecule has 43 heavy (non-hydrogen) atoms. The molecule has 3 aromatic carbocycles. The van der Waals surface area contributed by atoms with Crippen LogP contribution in [-0.4, -0.2) is 31.9 Å². The summed E-state index contributed by atoms with van der Waals surface area (Å²) in [6, 6.07) is 23.5. The molecule has 0 radical (unpaired) electrons. The Morgan fingerprint density at radius 3 is 1.98 bits per heavy atom. The molecule has 0 spiro atoms. The van der Waals surface area contributed by atoms with Gasteiger partial charge in [-0.25, -0.2) is 4.79 Å². The standard InChI is InChI=1S/C17H17OS.C13H18O4.F6P/c1-11(2)12-8-9-16-14(10-12)17(18)13-6-4-5-7-15(13)19(16)3;1-3-15-9-11(2)17-13(14)10-16-12-7-5-4-6-8-12;1-7(2,3,4,5)6/h4-11H,1-3H3;4-8,11H,3,9-10H2,1-2H3;/q+1;;-1. The molecule has 0 aliphatic rings. The molecule has 4 rings (SSSR count). The number of fused-ring (bicyclic) bond motifs is 2. The monoisotopic (exact) mass is 652 g/mol. The third-order valence-corrected chi connectivity index (χ3v) is 7.73. The van der Waals surface area contributed by atoms with Gasteiger partial charge in [0.25, 0.3) is 0 Å². The summed E-state index contributed by atoms with van der Waals surface area (Å²) in [4.78, 5) is 24.0. The third-order valence-electron chi connectivity index (χ3n) is 5.70. The topological polar surface area (TPSA) is 61.8 Å². The first-order valence-corrected chi connectivity index (χ1v) is 16.9. The van der Waals surface area contributed by atoms with Crippen molar-refractivity contribution in [1.29, 1.82) is 0 Å². The zero-order valence-corrected chi connectivity index (χ0v) is 26.1. The summed E-state index contributed by atoms with van der Waals surface area (Å²) < 4.78 is 77.0. The van der Waals surface area contributed by atoms with Gasteiger partial charge < -0.3 is 14.2 Å². The van der Waals surface area contributed by atoms with Gasteiger partial charge >= 0.3 is 39.0 Å². The predicted octanol–water partition coefficient (Wildman–Crippen LogP) is 10.2. The predicted molar refractivity (Wildman–Crippen MR) is 163 cm³/mol. The van der Waals surface area contributed by atoms with Crippen molar-refractivity contribution >= 4 is 44.4 Å². The van der Waals surface area contributed by atoms with Gasteiger partial charge in [-0.05, 0) is 72.2 Å². The summed E-state index contributed by atoms with van der Waals surface area (Å²) in [6.45, 7) is 8.95. The van der Waals surface area contributed by atoms with Gasteiger partial charge in [-0.3, -0.25) is 4.79 Å². The summed E-state index contributed by atoms with van der Waals surface area (Å²) in [7, 11) is -10.7. The van der Waals surface area contributed by atoms with Crippen LogP contribution in [0, 0.1) is 0 Å². The van der Waals surface area contributed by atoms with Crippen molar-refractivity contribution in [3.63, 3.8) is 0 Å². The van der Waals surface area contributed by atoms with Crippen molar-refractivity contribution in [2.45, 2.75) is 39.7 Å². The molecule has 2 atom stereocenters. The summed E-state index contributed by atoms with van der Waals surface area (Å²) in [6.07, 6.45) is 1.96. The van der Waals surface area contributed by atoms with Crippen molar-refractivity contribution in [1.82, 2.24) is 0 Å². The number of benzene rings is 3. The van der Waals surface area contributed by atoms with E-state index in [-0.39, 0.29) is 34.6 Å². The van der Waals surface area contributed by atoms with Gasteiger partial charge in [0, 0.05) is 6.61 Å². The zero-order valence-electron chi connectivity index (χ0n) is 24.4. The summed E-state index contributed by atoms with van der Waals surface area (Å²) >= 11 is 0. The number of ether oxygens (including phenoxy) is 3. The minimum absolute atomic E-state index is 0.00310. The number of esters is 1. The van der Waals surface area contributed by atoms with Crippen molar-refractivity contribution in [2.75, 3.05) is 19.8 Å². The average molecular weight is 653 g/mol. The van der Waals surface area contributed by atoms with Crippen LogP contribution in [0.25, 0.3) is 20.2 Å². The van der Waals surface area contributed by atoms with Crippen LogP contribution in [0.15, 0.2) is 77.6 Å². The van der Waals surface area contributed by atoms with Crippen LogP contribution in [0.4, 0.5) is 25.2 Å². The maximum atomic E-state index is 12.6. The average Bonchev–Trinajstić information content (AvgIpc) is 2.92. The Morgan fingerprint density at radius 1 is 0.837 bits per heavy atom. The van der Waals surface area contributed by atoms with E-state index in [4.69, 9.17) is 14.2 Å². The molecular formula is C30H35F6O5PS. The normalized spacial score (nSPS) is 14.0. The number of hydrogen-bond donors (Lipinski definition) is 0. The molecule has 13 heteroatoms. The van der Waals surface area contributed by atoms with Crippen molar-refractivity contribution < 1.29 is 44.2 Å². The molecule has 0 fully saturated rings. The van der Waals surface area contributed by atoms with Gasteiger partial charge in [0.1, 0.15) is 18.1 Å². The number of para-hydroxylation sites is 1. The van der Waals surface area contributed by atoms with Crippen LogP contribution in [-0.2, 0) is 20.5 Å². The van der Waals surface area contributed by atoms with Crippen molar-refractivity contribution in [3.05, 3.63) is 88.6 Å². The number of aryl methyl sites for hydroxylation is 1. The first-order chi connectivity index (χ1) is 19.8. The molecule has 1 aromatic heterocycles. The first-order valence-electron chi connectivity index (χ1n) is 13.2. The molecule has 0 bridgehead atoms. The second-order valence-electron chi connectivity index (χ2n) is 9.77. The number of carbonyl (C=O) groups excluding carboxylic acids is 1. The van der Waals surface area contributed by atoms with Crippen LogP contribution in [0.2, 0.25) is 0 Å². The molecule has 0 saturated heterocycles. The fraction of sp³-hybridized carbons (Fsp3) is 0.333. The molecule has 0 N–H and O–H groups in total. The quantitative estimate of drug-likeness (QED) is 0.0623. The second kappa shape index (κ2) is 14.1. The summed E-state index contributed by atoms with van der Waals surface area (Å²) in [5.74, 6) is 0.719. The van der Waals surface area contributed by atoms with E-state index in [0.29, 0.717) is 24.9 Å². The summed E-state index contributed by atoms with van der Waals surface area (Å²) in [5.41, 5.74) is 1.42. The summed E-state index contributed by atoms with van der Waals surface area (Å²) in [5, 5.41) is 1.78. The van der Waals surface area contributed by atoms with E-state index in [1.165, 1.54) is 15.0 Å². The van der Waals surface area contributed by atoms with Crippen LogP contribution >= 0.6 is 18.3 Å². The van der Waals surface area contributed by atoms with Gasteiger partial charge in [0.15, 0.2) is 16.0 Å². The van der Waals surface area contributed by atoms with Crippen LogP contribution in [0.5, 0.6) is 5.75 Å². The van der Waals surface area contributed by atoms with Crippen LogP contribution in [0.1, 0.15) is 39.2 Å². The second-order valence-corrected chi connectivity index (χ2v) is 13.6. The Morgan fingerprint density at radius 2 is 1.40 bits per heavy atom. The van der Waals surface area contributed by atoms with E-state index in [0.717, 1.165) is 10.8 Å². The molecule has 238 valence electrons. The van der Waals surface area contributed by atoms with Crippen LogP contribution in [0.3, 0.4) is 0 Å².